The van der Waals surface area contributed by atoms with E-state index in [-0.39, 0.29) is 41.8 Å². The van der Waals surface area contributed by atoms with Gasteiger partial charge in [0.15, 0.2) is 5.69 Å². The summed E-state index contributed by atoms with van der Waals surface area (Å²) in [4.78, 5) is 46.0. The van der Waals surface area contributed by atoms with Crippen LogP contribution in [0.3, 0.4) is 0 Å². The molecule has 9 heteroatoms. The van der Waals surface area contributed by atoms with E-state index in [4.69, 9.17) is 0 Å². The zero-order valence-corrected chi connectivity index (χ0v) is 20.2. The van der Waals surface area contributed by atoms with Gasteiger partial charge in [-0.25, -0.2) is 4.98 Å². The lowest BCUT2D eigenvalue weighted by atomic mass is 9.93. The average molecular weight is 514 g/mol. The van der Waals surface area contributed by atoms with Gasteiger partial charge in [0.1, 0.15) is 11.2 Å². The Bertz CT molecular complexity index is 1110. The molecule has 33 heavy (non-hydrogen) atoms. The van der Waals surface area contributed by atoms with E-state index in [0.717, 1.165) is 48.6 Å². The highest BCUT2D eigenvalue weighted by molar-refractivity contribution is 9.10. The molecule has 1 aromatic carbocycles. The van der Waals surface area contributed by atoms with Crippen LogP contribution in [0.4, 0.5) is 0 Å². The van der Waals surface area contributed by atoms with Crippen LogP contribution in [0.5, 0.6) is 0 Å². The predicted molar refractivity (Wildman–Crippen MR) is 126 cm³/mol. The van der Waals surface area contributed by atoms with Crippen molar-refractivity contribution in [3.63, 3.8) is 0 Å². The van der Waals surface area contributed by atoms with E-state index < -0.39 is 11.4 Å². The molecule has 2 aromatic rings. The molecule has 174 valence electrons. The number of benzene rings is 1. The van der Waals surface area contributed by atoms with Gasteiger partial charge < -0.3 is 20.1 Å². The van der Waals surface area contributed by atoms with Crippen molar-refractivity contribution < 1.29 is 14.4 Å². The van der Waals surface area contributed by atoms with Gasteiger partial charge in [0.05, 0.1) is 12.9 Å². The molecule has 2 N–H and O–H groups in total. The number of hydrogen-bond acceptors (Lipinski definition) is 4. The van der Waals surface area contributed by atoms with Gasteiger partial charge in [0, 0.05) is 23.1 Å². The van der Waals surface area contributed by atoms with E-state index in [9.17, 15) is 14.4 Å². The molecule has 2 fully saturated rings. The van der Waals surface area contributed by atoms with Gasteiger partial charge in [-0.05, 0) is 50.3 Å². The maximum atomic E-state index is 13.7. The van der Waals surface area contributed by atoms with Crippen molar-refractivity contribution in [3.8, 4) is 0 Å². The van der Waals surface area contributed by atoms with Gasteiger partial charge in [-0.3, -0.25) is 14.4 Å². The van der Waals surface area contributed by atoms with Crippen LogP contribution in [0.15, 0.2) is 35.1 Å². The molecule has 0 saturated heterocycles. The maximum absolute atomic E-state index is 13.7. The van der Waals surface area contributed by atoms with Crippen LogP contribution in [0.2, 0.25) is 0 Å². The van der Waals surface area contributed by atoms with Gasteiger partial charge in [-0.2, -0.15) is 0 Å². The molecule has 0 bridgehead atoms. The largest absolute Gasteiger partial charge is 0.351 e. The van der Waals surface area contributed by atoms with Crippen LogP contribution in [0.25, 0.3) is 0 Å². The Kier molecular flexibility index (Phi) is 5.76. The number of aromatic nitrogens is 2. The van der Waals surface area contributed by atoms with Crippen LogP contribution >= 0.6 is 15.9 Å². The van der Waals surface area contributed by atoms with E-state index in [2.05, 4.69) is 31.5 Å². The Hall–Kier alpha value is -2.68. The number of nitrogens with one attached hydrogen (secondary N) is 2. The summed E-state index contributed by atoms with van der Waals surface area (Å²) in [6.45, 7) is 2.45. The molecule has 2 aliphatic carbocycles. The fourth-order valence-electron chi connectivity index (χ4n) is 5.05. The van der Waals surface area contributed by atoms with Crippen molar-refractivity contribution in [2.75, 3.05) is 0 Å². The molecule has 0 radical (unpaired) electrons. The standard InChI is InChI=1S/C24H28BrN5O3/c1-24(23(33)28-17-7-2-3-8-17)13-29-14-27-19(20(29)22(32)30(24)18-9-10-18)21(31)26-12-15-5-4-6-16(25)11-15/h4-6,11,14,17-18H,2-3,7-10,12-13H2,1H3,(H,26,31)(H,28,33). The molecule has 1 unspecified atom stereocenters. The Morgan fingerprint density at radius 3 is 2.67 bits per heavy atom. The normalized spacial score (nSPS) is 22.8. The van der Waals surface area contributed by atoms with E-state index in [1.807, 2.05) is 31.2 Å². The molecule has 2 saturated carbocycles. The summed E-state index contributed by atoms with van der Waals surface area (Å²) in [5, 5.41) is 6.04. The topological polar surface area (TPSA) is 96.3 Å². The summed E-state index contributed by atoms with van der Waals surface area (Å²) in [6, 6.07) is 7.87. The summed E-state index contributed by atoms with van der Waals surface area (Å²) in [7, 11) is 0. The second-order valence-corrected chi connectivity index (χ2v) is 10.4. The monoisotopic (exact) mass is 513 g/mol. The minimum absolute atomic E-state index is 0.0260. The third kappa shape index (κ3) is 4.18. The van der Waals surface area contributed by atoms with Gasteiger partial charge >= 0.3 is 0 Å². The lowest BCUT2D eigenvalue weighted by Gasteiger charge is -2.44. The van der Waals surface area contributed by atoms with Crippen molar-refractivity contribution in [1.82, 2.24) is 25.1 Å². The van der Waals surface area contributed by atoms with Crippen LogP contribution in [-0.2, 0) is 17.9 Å². The van der Waals surface area contributed by atoms with Crippen LogP contribution < -0.4 is 10.6 Å². The molecule has 5 rings (SSSR count). The van der Waals surface area contributed by atoms with E-state index in [1.165, 1.54) is 6.33 Å². The quantitative estimate of drug-likeness (QED) is 0.620. The Morgan fingerprint density at radius 2 is 1.97 bits per heavy atom. The lowest BCUT2D eigenvalue weighted by molar-refractivity contribution is -0.134. The fraction of sp³-hybridized carbons (Fsp3) is 0.500. The molecule has 2 heterocycles. The zero-order chi connectivity index (χ0) is 23.2. The second kappa shape index (κ2) is 8.59. The highest BCUT2D eigenvalue weighted by atomic mass is 79.9. The van der Waals surface area contributed by atoms with E-state index in [0.29, 0.717) is 6.54 Å². The summed E-state index contributed by atoms with van der Waals surface area (Å²) < 4.78 is 2.60. The third-order valence-corrected chi connectivity index (χ3v) is 7.41. The highest BCUT2D eigenvalue weighted by Crippen LogP contribution is 2.39. The summed E-state index contributed by atoms with van der Waals surface area (Å²) in [5.74, 6) is -0.806. The number of nitrogens with zero attached hydrogens (tertiary/aromatic N) is 3. The molecule has 1 aromatic heterocycles. The fourth-order valence-corrected chi connectivity index (χ4v) is 5.49. The number of amides is 3. The van der Waals surface area contributed by atoms with Crippen molar-refractivity contribution in [1.29, 1.82) is 0 Å². The number of imidazole rings is 1. The predicted octanol–water partition coefficient (Wildman–Crippen LogP) is 3.01. The number of carbonyl (C=O) groups excluding carboxylic acids is 3. The van der Waals surface area contributed by atoms with Gasteiger partial charge in [-0.15, -0.1) is 0 Å². The first-order chi connectivity index (χ1) is 15.9. The second-order valence-electron chi connectivity index (χ2n) is 9.52. The minimum atomic E-state index is -1.00. The molecule has 1 aliphatic heterocycles. The van der Waals surface area contributed by atoms with Crippen molar-refractivity contribution in [2.24, 2.45) is 0 Å². The number of carbonyl (C=O) groups is 3. The highest BCUT2D eigenvalue weighted by Gasteiger charge is 2.54. The summed E-state index contributed by atoms with van der Waals surface area (Å²) >= 11 is 3.43. The van der Waals surface area contributed by atoms with Crippen LogP contribution in [-0.4, -0.2) is 49.8 Å². The first kappa shape index (κ1) is 22.1. The Labute approximate surface area is 201 Å². The average Bonchev–Trinajstić information content (AvgIpc) is 3.29. The number of halogens is 1. The van der Waals surface area contributed by atoms with Crippen molar-refractivity contribution >= 4 is 33.7 Å². The smallest absolute Gasteiger partial charge is 0.274 e. The molecule has 1 atom stereocenters. The van der Waals surface area contributed by atoms with Gasteiger partial charge in [0.25, 0.3) is 11.8 Å². The van der Waals surface area contributed by atoms with Crippen molar-refractivity contribution in [2.45, 2.75) is 76.2 Å². The molecular formula is C24H28BrN5O3. The molecule has 3 amide bonds. The Balaban J connectivity index is 1.38. The zero-order valence-electron chi connectivity index (χ0n) is 18.6. The van der Waals surface area contributed by atoms with Crippen molar-refractivity contribution in [3.05, 3.63) is 52.0 Å². The lowest BCUT2D eigenvalue weighted by Crippen LogP contribution is -2.65. The SMILES string of the molecule is CC1(C(=O)NC2CCCC2)Cn2cnc(C(=O)NCc3cccc(Br)c3)c2C(=O)N1C1CC1. The number of hydrogen-bond donors (Lipinski definition) is 2. The molecule has 8 nitrogen and oxygen atoms in total. The van der Waals surface area contributed by atoms with Crippen LogP contribution in [0, 0.1) is 0 Å². The first-order valence-electron chi connectivity index (χ1n) is 11.6. The van der Waals surface area contributed by atoms with E-state index >= 15 is 0 Å². The van der Waals surface area contributed by atoms with Gasteiger partial charge in [-0.1, -0.05) is 40.9 Å². The maximum Gasteiger partial charge on any atom is 0.274 e. The molecule has 0 spiro atoms. The van der Waals surface area contributed by atoms with Gasteiger partial charge in [0.2, 0.25) is 5.91 Å². The number of fused-ring (bicyclic) bond motifs is 1. The molecular weight excluding hydrogens is 486 g/mol. The molecule has 3 aliphatic rings. The first-order valence-corrected chi connectivity index (χ1v) is 12.4. The summed E-state index contributed by atoms with van der Waals surface area (Å²) in [6.07, 6.45) is 7.46. The minimum Gasteiger partial charge on any atom is -0.351 e. The van der Waals surface area contributed by atoms with E-state index in [1.54, 1.807) is 9.47 Å². The number of rotatable bonds is 6. The van der Waals surface area contributed by atoms with Crippen LogP contribution in [0.1, 0.15) is 72.0 Å². The third-order valence-electron chi connectivity index (χ3n) is 6.92. The Morgan fingerprint density at radius 1 is 1.21 bits per heavy atom. The summed E-state index contributed by atoms with van der Waals surface area (Å²) in [5.41, 5.74) is 0.310.